The number of ether oxygens (including phenoxy) is 2. The Bertz CT molecular complexity index is 504. The third-order valence-corrected chi connectivity index (χ3v) is 3.75. The SMILES string of the molecule is CCC(C)OC(=O)CN1CC(CC)Oc2cccc(N)c21. The standard InChI is InChI=1S/C16H24N2O3/c1-4-11(3)20-15(19)10-18-9-12(5-2)21-14-8-6-7-13(17)16(14)18/h6-8,11-12H,4-5,9-10,17H2,1-3H3. The van der Waals surface area contributed by atoms with Gasteiger partial charge in [-0.05, 0) is 31.9 Å². The summed E-state index contributed by atoms with van der Waals surface area (Å²) in [5, 5.41) is 0. The van der Waals surface area contributed by atoms with Gasteiger partial charge in [-0.2, -0.15) is 0 Å². The second-order valence-corrected chi connectivity index (χ2v) is 5.43. The number of benzene rings is 1. The number of esters is 1. The van der Waals surface area contributed by atoms with Crippen LogP contribution >= 0.6 is 0 Å². The first kappa shape index (κ1) is 15.5. The average Bonchev–Trinajstić information content (AvgIpc) is 2.46. The number of nitrogens with two attached hydrogens (primary N) is 1. The molecule has 2 N–H and O–H groups in total. The van der Waals surface area contributed by atoms with E-state index in [0.717, 1.165) is 24.3 Å². The fourth-order valence-electron chi connectivity index (χ4n) is 2.38. The van der Waals surface area contributed by atoms with Crippen LogP contribution < -0.4 is 15.4 Å². The van der Waals surface area contributed by atoms with Crippen LogP contribution in [0.2, 0.25) is 0 Å². The number of para-hydroxylation sites is 1. The van der Waals surface area contributed by atoms with Crippen LogP contribution in [0.1, 0.15) is 33.6 Å². The number of nitrogen functional groups attached to an aromatic ring is 1. The smallest absolute Gasteiger partial charge is 0.325 e. The van der Waals surface area contributed by atoms with Crippen LogP contribution in [0.4, 0.5) is 11.4 Å². The number of rotatable bonds is 5. The molecule has 21 heavy (non-hydrogen) atoms. The minimum absolute atomic E-state index is 0.0619. The fourth-order valence-corrected chi connectivity index (χ4v) is 2.38. The lowest BCUT2D eigenvalue weighted by Gasteiger charge is -2.36. The number of carbonyl (C=O) groups is 1. The molecule has 1 heterocycles. The van der Waals surface area contributed by atoms with Crippen LogP contribution in [0.3, 0.4) is 0 Å². The second kappa shape index (κ2) is 6.70. The van der Waals surface area contributed by atoms with E-state index in [1.807, 2.05) is 36.9 Å². The largest absolute Gasteiger partial charge is 0.486 e. The first-order valence-electron chi connectivity index (χ1n) is 7.54. The number of anilines is 2. The summed E-state index contributed by atoms with van der Waals surface area (Å²) >= 11 is 0. The van der Waals surface area contributed by atoms with Gasteiger partial charge in [0.1, 0.15) is 24.1 Å². The monoisotopic (exact) mass is 292 g/mol. The molecule has 2 unspecified atom stereocenters. The van der Waals surface area contributed by atoms with Gasteiger partial charge in [-0.1, -0.05) is 19.9 Å². The first-order chi connectivity index (χ1) is 10.0. The van der Waals surface area contributed by atoms with Crippen molar-refractivity contribution in [1.29, 1.82) is 0 Å². The molecule has 0 saturated heterocycles. The van der Waals surface area contributed by atoms with Crippen molar-refractivity contribution in [3.05, 3.63) is 18.2 Å². The Morgan fingerprint density at radius 1 is 1.52 bits per heavy atom. The van der Waals surface area contributed by atoms with E-state index in [1.165, 1.54) is 0 Å². The van der Waals surface area contributed by atoms with E-state index >= 15 is 0 Å². The van der Waals surface area contributed by atoms with Crippen LogP contribution in [-0.2, 0) is 9.53 Å². The van der Waals surface area contributed by atoms with Crippen LogP contribution in [0.5, 0.6) is 5.75 Å². The van der Waals surface area contributed by atoms with Crippen molar-refractivity contribution in [2.75, 3.05) is 23.7 Å². The summed E-state index contributed by atoms with van der Waals surface area (Å²) in [5.41, 5.74) is 7.47. The number of fused-ring (bicyclic) bond motifs is 1. The van der Waals surface area contributed by atoms with Crippen molar-refractivity contribution in [3.8, 4) is 5.75 Å². The van der Waals surface area contributed by atoms with Gasteiger partial charge in [0.25, 0.3) is 0 Å². The maximum absolute atomic E-state index is 12.1. The highest BCUT2D eigenvalue weighted by Crippen LogP contribution is 2.38. The van der Waals surface area contributed by atoms with E-state index < -0.39 is 0 Å². The molecular formula is C16H24N2O3. The fraction of sp³-hybridized carbons (Fsp3) is 0.562. The van der Waals surface area contributed by atoms with Gasteiger partial charge in [-0.3, -0.25) is 4.79 Å². The summed E-state index contributed by atoms with van der Waals surface area (Å²) in [7, 11) is 0. The summed E-state index contributed by atoms with van der Waals surface area (Å²) in [5.74, 6) is 0.514. The van der Waals surface area contributed by atoms with Crippen molar-refractivity contribution in [2.45, 2.75) is 45.8 Å². The number of hydrogen-bond acceptors (Lipinski definition) is 5. The van der Waals surface area contributed by atoms with Gasteiger partial charge in [0.05, 0.1) is 18.3 Å². The van der Waals surface area contributed by atoms with Gasteiger partial charge < -0.3 is 20.1 Å². The van der Waals surface area contributed by atoms with E-state index in [-0.39, 0.29) is 24.7 Å². The zero-order valence-electron chi connectivity index (χ0n) is 13.0. The molecule has 1 aliphatic rings. The van der Waals surface area contributed by atoms with Gasteiger partial charge in [-0.25, -0.2) is 0 Å². The molecule has 0 aromatic heterocycles. The van der Waals surface area contributed by atoms with Crippen molar-refractivity contribution >= 4 is 17.3 Å². The summed E-state index contributed by atoms with van der Waals surface area (Å²) in [6, 6.07) is 5.57. The van der Waals surface area contributed by atoms with E-state index in [9.17, 15) is 4.79 Å². The minimum Gasteiger partial charge on any atom is -0.486 e. The van der Waals surface area contributed by atoms with E-state index in [1.54, 1.807) is 0 Å². The molecule has 0 aliphatic carbocycles. The Labute approximate surface area is 126 Å². The third kappa shape index (κ3) is 3.60. The molecule has 1 aromatic rings. The molecular weight excluding hydrogens is 268 g/mol. The van der Waals surface area contributed by atoms with E-state index in [4.69, 9.17) is 15.2 Å². The molecule has 0 fully saturated rings. The lowest BCUT2D eigenvalue weighted by atomic mass is 10.1. The van der Waals surface area contributed by atoms with Gasteiger partial charge in [0, 0.05) is 0 Å². The van der Waals surface area contributed by atoms with Crippen molar-refractivity contribution < 1.29 is 14.3 Å². The molecule has 0 bridgehead atoms. The van der Waals surface area contributed by atoms with Crippen molar-refractivity contribution in [2.24, 2.45) is 0 Å². The summed E-state index contributed by atoms with van der Waals surface area (Å²) < 4.78 is 11.3. The second-order valence-electron chi connectivity index (χ2n) is 5.43. The van der Waals surface area contributed by atoms with Crippen LogP contribution in [0, 0.1) is 0 Å². The maximum Gasteiger partial charge on any atom is 0.325 e. The molecule has 0 spiro atoms. The molecule has 2 rings (SSSR count). The van der Waals surface area contributed by atoms with Crippen molar-refractivity contribution in [1.82, 2.24) is 0 Å². The Morgan fingerprint density at radius 3 is 2.95 bits per heavy atom. The van der Waals surface area contributed by atoms with Crippen LogP contribution in [0.25, 0.3) is 0 Å². The van der Waals surface area contributed by atoms with E-state index in [0.29, 0.717) is 12.2 Å². The van der Waals surface area contributed by atoms with E-state index in [2.05, 4.69) is 6.92 Å². The minimum atomic E-state index is -0.227. The van der Waals surface area contributed by atoms with Gasteiger partial charge in [0.2, 0.25) is 0 Å². The lowest BCUT2D eigenvalue weighted by molar-refractivity contribution is -0.146. The molecule has 1 aromatic carbocycles. The molecule has 0 saturated carbocycles. The molecule has 2 atom stereocenters. The Balaban J connectivity index is 2.17. The summed E-state index contributed by atoms with van der Waals surface area (Å²) in [6.07, 6.45) is 1.69. The quantitative estimate of drug-likeness (QED) is 0.667. The predicted octanol–water partition coefficient (Wildman–Crippen LogP) is 2.59. The van der Waals surface area contributed by atoms with Gasteiger partial charge in [0.15, 0.2) is 0 Å². The maximum atomic E-state index is 12.1. The Kier molecular flexibility index (Phi) is 4.94. The molecule has 0 amide bonds. The predicted molar refractivity (Wildman–Crippen MR) is 83.6 cm³/mol. The normalized spacial score (nSPS) is 18.6. The van der Waals surface area contributed by atoms with Crippen LogP contribution in [0.15, 0.2) is 18.2 Å². The number of nitrogens with zero attached hydrogens (tertiary/aromatic N) is 1. The molecule has 116 valence electrons. The van der Waals surface area contributed by atoms with Crippen LogP contribution in [-0.4, -0.2) is 31.3 Å². The highest BCUT2D eigenvalue weighted by molar-refractivity contribution is 5.82. The van der Waals surface area contributed by atoms with Gasteiger partial charge in [-0.15, -0.1) is 0 Å². The van der Waals surface area contributed by atoms with Gasteiger partial charge >= 0.3 is 5.97 Å². The number of carbonyl (C=O) groups excluding carboxylic acids is 1. The summed E-state index contributed by atoms with van der Waals surface area (Å²) in [6.45, 7) is 6.80. The van der Waals surface area contributed by atoms with Crippen molar-refractivity contribution in [3.63, 3.8) is 0 Å². The highest BCUT2D eigenvalue weighted by Gasteiger charge is 2.28. The highest BCUT2D eigenvalue weighted by atomic mass is 16.5. The first-order valence-corrected chi connectivity index (χ1v) is 7.54. The topological polar surface area (TPSA) is 64.8 Å². The molecule has 1 aliphatic heterocycles. The molecule has 5 nitrogen and oxygen atoms in total. The molecule has 5 heteroatoms. The zero-order valence-corrected chi connectivity index (χ0v) is 13.0. The zero-order chi connectivity index (χ0) is 15.4. The third-order valence-electron chi connectivity index (χ3n) is 3.75. The average molecular weight is 292 g/mol. The summed E-state index contributed by atoms with van der Waals surface area (Å²) in [4.78, 5) is 14.0. The Hall–Kier alpha value is -1.91. The lowest BCUT2D eigenvalue weighted by Crippen LogP contribution is -2.43. The number of hydrogen-bond donors (Lipinski definition) is 1. The molecule has 0 radical (unpaired) electrons. The Morgan fingerprint density at radius 2 is 2.29 bits per heavy atom.